The molecule has 0 radical (unpaired) electrons. The van der Waals surface area contributed by atoms with Gasteiger partial charge in [0.05, 0.1) is 6.42 Å². The summed E-state index contributed by atoms with van der Waals surface area (Å²) in [5.41, 5.74) is 0. The fourth-order valence-corrected chi connectivity index (χ4v) is 0.763. The van der Waals surface area contributed by atoms with Gasteiger partial charge in [-0.05, 0) is 12.8 Å². The Labute approximate surface area is 93.3 Å². The normalized spacial score (nSPS) is 12.7. The van der Waals surface area contributed by atoms with Crippen LogP contribution in [0.15, 0.2) is 0 Å². The number of hydrogen-bond donors (Lipinski definition) is 1. The first kappa shape index (κ1) is 14.8. The molecule has 1 unspecified atom stereocenters. The van der Waals surface area contributed by atoms with Crippen molar-refractivity contribution in [3.05, 3.63) is 0 Å². The molecular formula is C10H17F2NO3. The minimum atomic E-state index is -2.56. The van der Waals surface area contributed by atoms with Crippen LogP contribution in [0.25, 0.3) is 0 Å². The highest BCUT2D eigenvalue weighted by Crippen LogP contribution is 2.04. The standard InChI is InChI=1S/C10H17F2NO3/c1-6(2)7(3)13-10(15)16-9(14)5-4-8(11)12/h6-8H,4-5H2,1-3H3,(H,13,15). The molecule has 16 heavy (non-hydrogen) atoms. The van der Waals surface area contributed by atoms with Crippen LogP contribution < -0.4 is 5.32 Å². The van der Waals surface area contributed by atoms with Gasteiger partial charge in [0.2, 0.25) is 6.43 Å². The summed E-state index contributed by atoms with van der Waals surface area (Å²) in [4.78, 5) is 22.0. The van der Waals surface area contributed by atoms with Crippen molar-refractivity contribution in [1.29, 1.82) is 0 Å². The molecule has 94 valence electrons. The molecule has 0 aliphatic carbocycles. The van der Waals surface area contributed by atoms with Crippen LogP contribution in [-0.4, -0.2) is 24.5 Å². The molecule has 0 bridgehead atoms. The summed E-state index contributed by atoms with van der Waals surface area (Å²) in [5.74, 6) is -0.738. The summed E-state index contributed by atoms with van der Waals surface area (Å²) >= 11 is 0. The summed E-state index contributed by atoms with van der Waals surface area (Å²) in [6.45, 7) is 5.54. The van der Waals surface area contributed by atoms with Gasteiger partial charge >= 0.3 is 12.1 Å². The van der Waals surface area contributed by atoms with Gasteiger partial charge in [-0.3, -0.25) is 4.79 Å². The van der Waals surface area contributed by atoms with Crippen molar-refractivity contribution < 1.29 is 23.1 Å². The zero-order chi connectivity index (χ0) is 12.7. The predicted octanol–water partition coefficient (Wildman–Crippen LogP) is 2.33. The number of amides is 1. The van der Waals surface area contributed by atoms with Crippen LogP contribution in [-0.2, 0) is 9.53 Å². The highest BCUT2D eigenvalue weighted by Gasteiger charge is 2.16. The third-order valence-corrected chi connectivity index (χ3v) is 2.12. The van der Waals surface area contributed by atoms with Gasteiger partial charge < -0.3 is 10.1 Å². The number of alkyl halides is 2. The Morgan fingerprint density at radius 1 is 1.25 bits per heavy atom. The van der Waals surface area contributed by atoms with Crippen molar-refractivity contribution in [2.75, 3.05) is 0 Å². The summed E-state index contributed by atoms with van der Waals surface area (Å²) in [6.07, 6.45) is -4.50. The van der Waals surface area contributed by atoms with E-state index in [1.54, 1.807) is 6.92 Å². The molecule has 0 saturated heterocycles. The van der Waals surface area contributed by atoms with Crippen molar-refractivity contribution >= 4 is 12.1 Å². The largest absolute Gasteiger partial charge is 0.415 e. The van der Waals surface area contributed by atoms with Gasteiger partial charge in [0.25, 0.3) is 0 Å². The van der Waals surface area contributed by atoms with E-state index in [0.717, 1.165) is 0 Å². The summed E-state index contributed by atoms with van der Waals surface area (Å²) in [5, 5.41) is 2.43. The zero-order valence-electron chi connectivity index (χ0n) is 9.63. The molecule has 0 spiro atoms. The number of alkyl carbamates (subject to hydrolysis) is 1. The average Bonchev–Trinajstić information content (AvgIpc) is 2.14. The number of halogens is 2. The van der Waals surface area contributed by atoms with E-state index in [2.05, 4.69) is 10.1 Å². The number of carbonyl (C=O) groups excluding carboxylic acids is 2. The molecule has 1 N–H and O–H groups in total. The fourth-order valence-electron chi connectivity index (χ4n) is 0.763. The van der Waals surface area contributed by atoms with Gasteiger partial charge in [0, 0.05) is 12.5 Å². The molecular weight excluding hydrogens is 220 g/mol. The molecule has 0 aromatic carbocycles. The van der Waals surface area contributed by atoms with E-state index < -0.39 is 31.3 Å². The van der Waals surface area contributed by atoms with Gasteiger partial charge in [0.15, 0.2) is 0 Å². The van der Waals surface area contributed by atoms with Gasteiger partial charge in [-0.1, -0.05) is 13.8 Å². The first-order valence-corrected chi connectivity index (χ1v) is 5.12. The Hall–Kier alpha value is -1.20. The molecule has 1 atom stereocenters. The maximum Gasteiger partial charge on any atom is 0.415 e. The Bertz CT molecular complexity index is 244. The van der Waals surface area contributed by atoms with Crippen molar-refractivity contribution in [2.24, 2.45) is 5.92 Å². The highest BCUT2D eigenvalue weighted by atomic mass is 19.3. The third kappa shape index (κ3) is 7.14. The van der Waals surface area contributed by atoms with Crippen LogP contribution in [0.1, 0.15) is 33.6 Å². The monoisotopic (exact) mass is 237 g/mol. The topological polar surface area (TPSA) is 55.4 Å². The van der Waals surface area contributed by atoms with Crippen LogP contribution >= 0.6 is 0 Å². The Morgan fingerprint density at radius 2 is 1.81 bits per heavy atom. The first-order valence-electron chi connectivity index (χ1n) is 5.12. The predicted molar refractivity (Wildman–Crippen MR) is 54.2 cm³/mol. The molecule has 0 aromatic rings. The lowest BCUT2D eigenvalue weighted by atomic mass is 10.1. The van der Waals surface area contributed by atoms with Crippen molar-refractivity contribution in [3.63, 3.8) is 0 Å². The van der Waals surface area contributed by atoms with E-state index in [9.17, 15) is 18.4 Å². The van der Waals surface area contributed by atoms with E-state index in [1.165, 1.54) is 0 Å². The fraction of sp³-hybridized carbons (Fsp3) is 0.800. The van der Waals surface area contributed by atoms with Crippen LogP contribution in [0.2, 0.25) is 0 Å². The summed E-state index contributed by atoms with van der Waals surface area (Å²) in [7, 11) is 0. The lowest BCUT2D eigenvalue weighted by Crippen LogP contribution is -2.37. The van der Waals surface area contributed by atoms with E-state index >= 15 is 0 Å². The van der Waals surface area contributed by atoms with Crippen LogP contribution in [0.5, 0.6) is 0 Å². The van der Waals surface area contributed by atoms with Crippen LogP contribution in [0.3, 0.4) is 0 Å². The Kier molecular flexibility index (Phi) is 6.60. The van der Waals surface area contributed by atoms with Gasteiger partial charge in [-0.2, -0.15) is 0 Å². The number of nitrogens with one attached hydrogen (secondary N) is 1. The lowest BCUT2D eigenvalue weighted by Gasteiger charge is -2.16. The number of ether oxygens (including phenoxy) is 1. The SMILES string of the molecule is CC(C)C(C)NC(=O)OC(=O)CCC(F)F. The second-order valence-electron chi connectivity index (χ2n) is 3.87. The molecule has 0 fully saturated rings. The maximum absolute atomic E-state index is 11.7. The molecule has 0 aliphatic heterocycles. The third-order valence-electron chi connectivity index (χ3n) is 2.12. The van der Waals surface area contributed by atoms with E-state index in [1.807, 2.05) is 13.8 Å². The first-order chi connectivity index (χ1) is 7.32. The van der Waals surface area contributed by atoms with Gasteiger partial charge in [-0.25, -0.2) is 13.6 Å². The minimum Gasteiger partial charge on any atom is -0.376 e. The van der Waals surface area contributed by atoms with Gasteiger partial charge in [-0.15, -0.1) is 0 Å². The van der Waals surface area contributed by atoms with Gasteiger partial charge in [0.1, 0.15) is 0 Å². The van der Waals surface area contributed by atoms with E-state index in [4.69, 9.17) is 0 Å². The van der Waals surface area contributed by atoms with Crippen LogP contribution in [0.4, 0.5) is 13.6 Å². The second kappa shape index (κ2) is 7.14. The molecule has 0 saturated carbocycles. The number of esters is 1. The highest BCUT2D eigenvalue weighted by molar-refractivity contribution is 5.84. The number of rotatable bonds is 5. The Morgan fingerprint density at radius 3 is 2.25 bits per heavy atom. The molecule has 4 nitrogen and oxygen atoms in total. The Balaban J connectivity index is 3.83. The molecule has 1 amide bonds. The maximum atomic E-state index is 11.7. The minimum absolute atomic E-state index is 0.143. The van der Waals surface area contributed by atoms with Crippen molar-refractivity contribution in [3.8, 4) is 0 Å². The zero-order valence-corrected chi connectivity index (χ0v) is 9.63. The summed E-state index contributed by atoms with van der Waals surface area (Å²) < 4.78 is 27.8. The molecule has 0 aliphatic rings. The second-order valence-corrected chi connectivity index (χ2v) is 3.87. The lowest BCUT2D eigenvalue weighted by molar-refractivity contribution is -0.138. The molecule has 0 aromatic heterocycles. The number of hydrogen-bond acceptors (Lipinski definition) is 3. The van der Waals surface area contributed by atoms with Crippen LogP contribution in [0, 0.1) is 5.92 Å². The number of carbonyl (C=O) groups is 2. The average molecular weight is 237 g/mol. The molecule has 6 heteroatoms. The smallest absolute Gasteiger partial charge is 0.376 e. The quantitative estimate of drug-likeness (QED) is 0.589. The van der Waals surface area contributed by atoms with E-state index in [-0.39, 0.29) is 12.0 Å². The summed E-state index contributed by atoms with van der Waals surface area (Å²) in [6, 6.07) is -0.143. The van der Waals surface area contributed by atoms with E-state index in [0.29, 0.717) is 0 Å². The van der Waals surface area contributed by atoms with Crippen molar-refractivity contribution in [1.82, 2.24) is 5.32 Å². The molecule has 0 rings (SSSR count). The van der Waals surface area contributed by atoms with Crippen molar-refractivity contribution in [2.45, 2.75) is 46.1 Å². The molecule has 0 heterocycles.